The van der Waals surface area contributed by atoms with Crippen LogP contribution in [0.2, 0.25) is 0 Å². The number of rotatable bonds is 15. The molecule has 0 saturated heterocycles. The average molecular weight is 336 g/mol. The summed E-state index contributed by atoms with van der Waals surface area (Å²) < 4.78 is 0. The van der Waals surface area contributed by atoms with E-state index in [0.717, 1.165) is 38.5 Å². The molecule has 0 heterocycles. The maximum Gasteiger partial charge on any atom is 0.303 e. The molecule has 0 aromatic rings. The van der Waals surface area contributed by atoms with Gasteiger partial charge in [-0.2, -0.15) is 0 Å². The normalized spacial score (nSPS) is 13.2. The van der Waals surface area contributed by atoms with Gasteiger partial charge in [-0.3, -0.25) is 9.59 Å². The van der Waals surface area contributed by atoms with E-state index in [0.29, 0.717) is 19.3 Å². The predicted octanol–water partition coefficient (Wildman–Crippen LogP) is 4.59. The van der Waals surface area contributed by atoms with E-state index in [2.05, 4.69) is 24.3 Å². The molecule has 0 spiro atoms. The van der Waals surface area contributed by atoms with Crippen LogP contribution in [0.25, 0.3) is 0 Å². The van der Waals surface area contributed by atoms with Crippen molar-refractivity contribution in [1.82, 2.24) is 0 Å². The van der Waals surface area contributed by atoms with Gasteiger partial charge in [-0.15, -0.1) is 0 Å². The van der Waals surface area contributed by atoms with Crippen molar-refractivity contribution < 1.29 is 19.8 Å². The summed E-state index contributed by atoms with van der Waals surface area (Å²) in [6.45, 7) is 1.81. The van der Waals surface area contributed by atoms with Crippen LogP contribution >= 0.6 is 0 Å². The molecule has 0 bridgehead atoms. The third-order valence-electron chi connectivity index (χ3n) is 3.47. The molecule has 0 radical (unpaired) electrons. The molecule has 0 aliphatic rings. The van der Waals surface area contributed by atoms with Gasteiger partial charge in [0.1, 0.15) is 5.78 Å². The highest BCUT2D eigenvalue weighted by Crippen LogP contribution is 2.04. The fraction of sp³-hybridized carbons (Fsp3) is 0.600. The van der Waals surface area contributed by atoms with Crippen LogP contribution in [0.15, 0.2) is 36.5 Å². The number of aliphatic carboxylic acids is 1. The van der Waals surface area contributed by atoms with Crippen molar-refractivity contribution >= 4 is 11.8 Å². The van der Waals surface area contributed by atoms with Crippen LogP contribution in [-0.4, -0.2) is 28.1 Å². The summed E-state index contributed by atoms with van der Waals surface area (Å²) in [5.74, 6) is -0.707. The number of carbonyl (C=O) groups is 2. The van der Waals surface area contributed by atoms with Gasteiger partial charge >= 0.3 is 5.97 Å². The zero-order chi connectivity index (χ0) is 18.0. The molecule has 0 aliphatic heterocycles. The summed E-state index contributed by atoms with van der Waals surface area (Å²) in [5.41, 5.74) is 0. The third-order valence-corrected chi connectivity index (χ3v) is 3.47. The minimum atomic E-state index is -0.843. The maximum absolute atomic E-state index is 11.5. The van der Waals surface area contributed by atoms with Crippen molar-refractivity contribution in [2.24, 2.45) is 0 Å². The van der Waals surface area contributed by atoms with Gasteiger partial charge in [-0.05, 0) is 51.9 Å². The lowest BCUT2D eigenvalue weighted by Crippen LogP contribution is -2.00. The molecule has 0 aliphatic carbocycles. The van der Waals surface area contributed by atoms with Crippen LogP contribution in [0.1, 0.15) is 71.1 Å². The van der Waals surface area contributed by atoms with Gasteiger partial charge in [0.15, 0.2) is 0 Å². The molecular weight excluding hydrogens is 304 g/mol. The van der Waals surface area contributed by atoms with Crippen LogP contribution in [0.5, 0.6) is 0 Å². The standard InChI is InChI=1S/C20H32O4/c1-18(21)14-11-9-7-5-3-2-4-6-8-10-12-15-19(22)16-13-17-20(23)24/h2,4-5,7-8,10,18,21H,3,6,9,11-17H2,1H3,(H,23,24)/b4-2-,7-5-,10-8-. The molecule has 1 unspecified atom stereocenters. The fourth-order valence-electron chi connectivity index (χ4n) is 2.11. The third kappa shape index (κ3) is 18.4. The van der Waals surface area contributed by atoms with E-state index in [1.807, 2.05) is 19.1 Å². The van der Waals surface area contributed by atoms with Crippen LogP contribution in [0.3, 0.4) is 0 Å². The quantitative estimate of drug-likeness (QED) is 0.339. The summed E-state index contributed by atoms with van der Waals surface area (Å²) in [5, 5.41) is 17.6. The Hall–Kier alpha value is -1.68. The maximum atomic E-state index is 11.5. The van der Waals surface area contributed by atoms with Gasteiger partial charge in [0.05, 0.1) is 6.10 Å². The Balaban J connectivity index is 3.49. The Morgan fingerprint density at radius 1 is 0.833 bits per heavy atom. The molecule has 0 rings (SSSR count). The van der Waals surface area contributed by atoms with Gasteiger partial charge in [-0.1, -0.05) is 36.5 Å². The van der Waals surface area contributed by atoms with E-state index < -0.39 is 5.97 Å². The lowest BCUT2D eigenvalue weighted by Gasteiger charge is -1.99. The first-order valence-electron chi connectivity index (χ1n) is 8.89. The first-order chi connectivity index (χ1) is 11.5. The van der Waals surface area contributed by atoms with E-state index in [-0.39, 0.29) is 18.3 Å². The number of allylic oxidation sites excluding steroid dienone is 6. The van der Waals surface area contributed by atoms with Crippen molar-refractivity contribution in [3.05, 3.63) is 36.5 Å². The average Bonchev–Trinajstić information content (AvgIpc) is 2.51. The van der Waals surface area contributed by atoms with Gasteiger partial charge in [0, 0.05) is 19.3 Å². The highest BCUT2D eigenvalue weighted by atomic mass is 16.4. The SMILES string of the molecule is CC(O)CCC/C=C\C/C=C\C/C=C\CCC(=O)CCCC(=O)O. The number of unbranched alkanes of at least 4 members (excludes halogenated alkanes) is 1. The van der Waals surface area contributed by atoms with Crippen molar-refractivity contribution in [3.63, 3.8) is 0 Å². The molecule has 1 atom stereocenters. The van der Waals surface area contributed by atoms with Crippen LogP contribution < -0.4 is 0 Å². The van der Waals surface area contributed by atoms with Crippen molar-refractivity contribution in [2.45, 2.75) is 77.2 Å². The minimum absolute atomic E-state index is 0.0708. The van der Waals surface area contributed by atoms with E-state index in [9.17, 15) is 9.59 Å². The van der Waals surface area contributed by atoms with E-state index in [1.165, 1.54) is 0 Å². The number of carboxylic acid groups (broad SMARTS) is 1. The number of hydrogen-bond donors (Lipinski definition) is 2. The monoisotopic (exact) mass is 336 g/mol. The van der Waals surface area contributed by atoms with E-state index in [4.69, 9.17) is 10.2 Å². The van der Waals surface area contributed by atoms with Crippen LogP contribution in [-0.2, 0) is 9.59 Å². The summed E-state index contributed by atoms with van der Waals surface area (Å²) >= 11 is 0. The molecule has 4 heteroatoms. The summed E-state index contributed by atoms with van der Waals surface area (Å²) in [4.78, 5) is 21.8. The van der Waals surface area contributed by atoms with Gasteiger partial charge < -0.3 is 10.2 Å². The number of carboxylic acids is 1. The number of ketones is 1. The zero-order valence-corrected chi connectivity index (χ0v) is 14.8. The van der Waals surface area contributed by atoms with Gasteiger partial charge in [-0.25, -0.2) is 0 Å². The Morgan fingerprint density at radius 3 is 2.00 bits per heavy atom. The Morgan fingerprint density at radius 2 is 1.42 bits per heavy atom. The minimum Gasteiger partial charge on any atom is -0.481 e. The lowest BCUT2D eigenvalue weighted by molar-refractivity contribution is -0.137. The summed E-state index contributed by atoms with van der Waals surface area (Å²) in [6, 6.07) is 0. The highest BCUT2D eigenvalue weighted by Gasteiger charge is 2.02. The van der Waals surface area contributed by atoms with Crippen LogP contribution in [0.4, 0.5) is 0 Å². The van der Waals surface area contributed by atoms with Crippen molar-refractivity contribution in [2.75, 3.05) is 0 Å². The molecule has 24 heavy (non-hydrogen) atoms. The molecule has 2 N–H and O–H groups in total. The number of aliphatic hydroxyl groups excluding tert-OH is 1. The second-order valence-electron chi connectivity index (χ2n) is 5.99. The molecule has 0 saturated carbocycles. The van der Waals surface area contributed by atoms with Crippen molar-refractivity contribution in [3.8, 4) is 0 Å². The largest absolute Gasteiger partial charge is 0.481 e. The number of hydrogen-bond acceptors (Lipinski definition) is 3. The zero-order valence-electron chi connectivity index (χ0n) is 14.8. The van der Waals surface area contributed by atoms with Gasteiger partial charge in [0.25, 0.3) is 0 Å². The second kappa shape index (κ2) is 16.2. The van der Waals surface area contributed by atoms with E-state index in [1.54, 1.807) is 0 Å². The molecule has 4 nitrogen and oxygen atoms in total. The second-order valence-corrected chi connectivity index (χ2v) is 5.99. The number of Topliss-reactive ketones (excluding diaryl/α,β-unsaturated/α-hetero) is 1. The molecule has 136 valence electrons. The Labute approximate surface area is 146 Å². The first-order valence-corrected chi connectivity index (χ1v) is 8.89. The van der Waals surface area contributed by atoms with E-state index >= 15 is 0 Å². The molecule has 0 aromatic carbocycles. The van der Waals surface area contributed by atoms with Crippen molar-refractivity contribution in [1.29, 1.82) is 0 Å². The molecular formula is C20H32O4. The predicted molar refractivity (Wildman–Crippen MR) is 97.9 cm³/mol. The summed E-state index contributed by atoms with van der Waals surface area (Å²) in [6.07, 6.45) is 19.1. The summed E-state index contributed by atoms with van der Waals surface area (Å²) in [7, 11) is 0. The Bertz CT molecular complexity index is 419. The highest BCUT2D eigenvalue weighted by molar-refractivity contribution is 5.79. The Kier molecular flexibility index (Phi) is 15.1. The molecule has 0 aromatic heterocycles. The first kappa shape index (κ1) is 22.3. The lowest BCUT2D eigenvalue weighted by atomic mass is 10.1. The topological polar surface area (TPSA) is 74.6 Å². The molecule has 0 amide bonds. The smallest absolute Gasteiger partial charge is 0.303 e. The number of aliphatic hydroxyl groups is 1. The number of carbonyl (C=O) groups excluding carboxylic acids is 1. The van der Waals surface area contributed by atoms with Gasteiger partial charge in [0.2, 0.25) is 0 Å². The van der Waals surface area contributed by atoms with Crippen LogP contribution in [0, 0.1) is 0 Å². The molecule has 0 fully saturated rings. The fourth-order valence-corrected chi connectivity index (χ4v) is 2.11.